The summed E-state index contributed by atoms with van der Waals surface area (Å²) in [7, 11) is 0. The van der Waals surface area contributed by atoms with E-state index in [1.54, 1.807) is 0 Å². The molecule has 0 amide bonds. The first-order chi connectivity index (χ1) is 8.12. The Morgan fingerprint density at radius 1 is 1.22 bits per heavy atom. The average molecular weight is 280 g/mol. The predicted molar refractivity (Wildman–Crippen MR) is 45.8 cm³/mol. The van der Waals surface area contributed by atoms with Crippen molar-refractivity contribution in [2.75, 3.05) is 19.8 Å². The summed E-state index contributed by atoms with van der Waals surface area (Å²) >= 11 is 0. The highest BCUT2D eigenvalue weighted by atomic mass is 19.4. The van der Waals surface area contributed by atoms with Crippen LogP contribution in [0.15, 0.2) is 0 Å². The number of ether oxygens (including phenoxy) is 2. The molecule has 0 aliphatic carbocycles. The predicted octanol–water partition coefficient (Wildman–Crippen LogP) is 2.10. The first-order valence-electron chi connectivity index (χ1n) is 4.98. The zero-order valence-corrected chi connectivity index (χ0v) is 8.98. The zero-order chi connectivity index (χ0) is 14.0. The summed E-state index contributed by atoms with van der Waals surface area (Å²) in [4.78, 5) is 11.3. The van der Waals surface area contributed by atoms with E-state index < -0.39 is 36.8 Å². The third kappa shape index (κ3) is 4.13. The Hall–Kier alpha value is -0.830. The van der Waals surface area contributed by atoms with Gasteiger partial charge in [0.25, 0.3) is 0 Å². The quantitative estimate of drug-likeness (QED) is 0.740. The van der Waals surface area contributed by atoms with E-state index in [1.807, 2.05) is 0 Å². The monoisotopic (exact) mass is 280 g/mol. The molecule has 18 heavy (non-hydrogen) atoms. The molecule has 9 heteroatoms. The van der Waals surface area contributed by atoms with E-state index >= 15 is 0 Å². The standard InChI is InChI=1S/C9H10F6O3/c10-8(11,12)7(9(13,14)15)18-4-6(16)5-1-2-17-3-5/h5,7H,1-4H2. The van der Waals surface area contributed by atoms with E-state index in [9.17, 15) is 31.1 Å². The van der Waals surface area contributed by atoms with E-state index in [0.29, 0.717) is 0 Å². The normalized spacial score (nSPS) is 21.6. The van der Waals surface area contributed by atoms with Gasteiger partial charge in [0.2, 0.25) is 6.10 Å². The molecule has 1 unspecified atom stereocenters. The Morgan fingerprint density at radius 2 is 1.78 bits per heavy atom. The highest BCUT2D eigenvalue weighted by Gasteiger charge is 2.58. The van der Waals surface area contributed by atoms with Crippen molar-refractivity contribution in [3.63, 3.8) is 0 Å². The van der Waals surface area contributed by atoms with Crippen molar-refractivity contribution in [2.24, 2.45) is 5.92 Å². The summed E-state index contributed by atoms with van der Waals surface area (Å²) in [5, 5.41) is 0. The molecule has 0 radical (unpaired) electrons. The van der Waals surface area contributed by atoms with Crippen molar-refractivity contribution < 1.29 is 40.6 Å². The summed E-state index contributed by atoms with van der Waals surface area (Å²) in [6, 6.07) is 0. The number of alkyl halides is 6. The summed E-state index contributed by atoms with van der Waals surface area (Å²) < 4.78 is 80.9. The average Bonchev–Trinajstić information content (AvgIpc) is 2.65. The topological polar surface area (TPSA) is 35.5 Å². The van der Waals surface area contributed by atoms with Gasteiger partial charge in [-0.05, 0) is 6.42 Å². The smallest absolute Gasteiger partial charge is 0.381 e. The number of hydrogen-bond donors (Lipinski definition) is 0. The van der Waals surface area contributed by atoms with Crippen molar-refractivity contribution in [1.82, 2.24) is 0 Å². The number of carbonyl (C=O) groups is 1. The molecule has 0 aromatic carbocycles. The largest absolute Gasteiger partial charge is 0.423 e. The van der Waals surface area contributed by atoms with Gasteiger partial charge in [-0.25, -0.2) is 0 Å². The minimum absolute atomic E-state index is 0.00486. The lowest BCUT2D eigenvalue weighted by atomic mass is 10.0. The molecule has 0 aromatic heterocycles. The van der Waals surface area contributed by atoms with E-state index in [1.165, 1.54) is 0 Å². The van der Waals surface area contributed by atoms with Crippen molar-refractivity contribution in [3.05, 3.63) is 0 Å². The maximum Gasteiger partial charge on any atom is 0.423 e. The molecule has 1 saturated heterocycles. The lowest BCUT2D eigenvalue weighted by molar-refractivity contribution is -0.319. The maximum absolute atomic E-state index is 12.1. The molecule has 1 fully saturated rings. The Morgan fingerprint density at radius 3 is 2.17 bits per heavy atom. The third-order valence-electron chi connectivity index (χ3n) is 2.37. The summed E-state index contributed by atoms with van der Waals surface area (Å²) in [6.45, 7) is -0.957. The fraction of sp³-hybridized carbons (Fsp3) is 0.889. The number of ketones is 1. The van der Waals surface area contributed by atoms with Gasteiger partial charge in [-0.3, -0.25) is 4.79 Å². The van der Waals surface area contributed by atoms with Crippen molar-refractivity contribution in [1.29, 1.82) is 0 Å². The Labute approximate surface area is 98.0 Å². The van der Waals surface area contributed by atoms with Gasteiger partial charge in [0.05, 0.1) is 6.61 Å². The SMILES string of the molecule is O=C(COC(C(F)(F)F)C(F)(F)F)C1CCOC1. The minimum atomic E-state index is -5.59. The molecule has 0 bridgehead atoms. The molecule has 0 N–H and O–H groups in total. The Bertz CT molecular complexity index is 278. The van der Waals surface area contributed by atoms with E-state index in [-0.39, 0.29) is 19.6 Å². The van der Waals surface area contributed by atoms with Crippen LogP contribution in [0.1, 0.15) is 6.42 Å². The van der Waals surface area contributed by atoms with Crippen molar-refractivity contribution >= 4 is 5.78 Å². The van der Waals surface area contributed by atoms with Gasteiger partial charge in [0, 0.05) is 12.5 Å². The fourth-order valence-corrected chi connectivity index (χ4v) is 1.45. The number of halogens is 6. The molecule has 1 aliphatic heterocycles. The van der Waals surface area contributed by atoms with Gasteiger partial charge >= 0.3 is 12.4 Å². The molecule has 0 spiro atoms. The van der Waals surface area contributed by atoms with Crippen LogP contribution >= 0.6 is 0 Å². The minimum Gasteiger partial charge on any atom is -0.381 e. The van der Waals surface area contributed by atoms with Gasteiger partial charge in [0.1, 0.15) is 6.61 Å². The van der Waals surface area contributed by atoms with Crippen LogP contribution in [0.4, 0.5) is 26.3 Å². The van der Waals surface area contributed by atoms with Crippen LogP contribution in [-0.4, -0.2) is 44.1 Å². The molecule has 1 rings (SSSR count). The van der Waals surface area contributed by atoms with Crippen LogP contribution < -0.4 is 0 Å². The zero-order valence-electron chi connectivity index (χ0n) is 8.98. The van der Waals surface area contributed by atoms with Crippen LogP contribution in [0.25, 0.3) is 0 Å². The van der Waals surface area contributed by atoms with E-state index in [0.717, 1.165) is 0 Å². The molecule has 3 nitrogen and oxygen atoms in total. The lowest BCUT2D eigenvalue weighted by Crippen LogP contribution is -2.45. The summed E-state index contributed by atoms with van der Waals surface area (Å²) in [6.07, 6.45) is -14.8. The molecule has 1 atom stereocenters. The maximum atomic E-state index is 12.1. The van der Waals surface area contributed by atoms with Gasteiger partial charge < -0.3 is 9.47 Å². The van der Waals surface area contributed by atoms with Gasteiger partial charge in [0.15, 0.2) is 5.78 Å². The molecule has 1 aliphatic rings. The van der Waals surface area contributed by atoms with Crippen LogP contribution in [-0.2, 0) is 14.3 Å². The van der Waals surface area contributed by atoms with Gasteiger partial charge in [-0.1, -0.05) is 0 Å². The Kier molecular flexibility index (Phi) is 4.60. The lowest BCUT2D eigenvalue weighted by Gasteiger charge is -2.23. The third-order valence-corrected chi connectivity index (χ3v) is 2.37. The summed E-state index contributed by atoms with van der Waals surface area (Å²) in [5.74, 6) is -1.50. The van der Waals surface area contributed by atoms with Crippen LogP contribution in [0, 0.1) is 5.92 Å². The number of hydrogen-bond acceptors (Lipinski definition) is 3. The van der Waals surface area contributed by atoms with Gasteiger partial charge in [-0.2, -0.15) is 26.3 Å². The first-order valence-corrected chi connectivity index (χ1v) is 4.98. The van der Waals surface area contributed by atoms with Crippen LogP contribution in [0.5, 0.6) is 0 Å². The second-order valence-electron chi connectivity index (χ2n) is 3.80. The van der Waals surface area contributed by atoms with Crippen molar-refractivity contribution in [3.8, 4) is 0 Å². The molecular weight excluding hydrogens is 270 g/mol. The number of carbonyl (C=O) groups excluding carboxylic acids is 1. The molecule has 1 heterocycles. The first kappa shape index (κ1) is 15.2. The fourth-order valence-electron chi connectivity index (χ4n) is 1.45. The van der Waals surface area contributed by atoms with Crippen LogP contribution in [0.3, 0.4) is 0 Å². The number of rotatable bonds is 4. The number of Topliss-reactive ketones (excluding diaryl/α,β-unsaturated/α-hetero) is 1. The second-order valence-corrected chi connectivity index (χ2v) is 3.80. The molecule has 0 saturated carbocycles. The highest BCUT2D eigenvalue weighted by molar-refractivity contribution is 5.82. The second kappa shape index (κ2) is 5.43. The van der Waals surface area contributed by atoms with Crippen molar-refractivity contribution in [2.45, 2.75) is 24.9 Å². The molecule has 0 aromatic rings. The van der Waals surface area contributed by atoms with E-state index in [4.69, 9.17) is 4.74 Å². The molecular formula is C9H10F6O3. The summed E-state index contributed by atoms with van der Waals surface area (Å²) in [5.41, 5.74) is 0. The Balaban J connectivity index is 2.55. The molecule has 106 valence electrons. The van der Waals surface area contributed by atoms with E-state index in [2.05, 4.69) is 4.74 Å². The highest BCUT2D eigenvalue weighted by Crippen LogP contribution is 2.35. The van der Waals surface area contributed by atoms with Gasteiger partial charge in [-0.15, -0.1) is 0 Å². The van der Waals surface area contributed by atoms with Crippen LogP contribution in [0.2, 0.25) is 0 Å².